The summed E-state index contributed by atoms with van der Waals surface area (Å²) >= 11 is 0. The lowest BCUT2D eigenvalue weighted by Crippen LogP contribution is -2.38. The van der Waals surface area contributed by atoms with Crippen molar-refractivity contribution in [2.75, 3.05) is 26.8 Å². The van der Waals surface area contributed by atoms with Crippen LogP contribution >= 0.6 is 0 Å². The lowest BCUT2D eigenvalue weighted by atomic mass is 9.92. The van der Waals surface area contributed by atoms with E-state index >= 15 is 0 Å². The minimum Gasteiger partial charge on any atom is -0.459 e. The number of aliphatic hydroxyl groups is 2. The summed E-state index contributed by atoms with van der Waals surface area (Å²) in [7, 11) is 1.86. The van der Waals surface area contributed by atoms with E-state index in [2.05, 4.69) is 0 Å². The molecule has 0 saturated carbocycles. The normalized spacial score (nSPS) is 11.9. The molecule has 2 rings (SSSR count). The molecule has 0 fully saturated rings. The Morgan fingerprint density at radius 1 is 1.21 bits per heavy atom. The number of nitro groups is 1. The summed E-state index contributed by atoms with van der Waals surface area (Å²) < 4.78 is 5.74. The van der Waals surface area contributed by atoms with Gasteiger partial charge in [-0.25, -0.2) is 0 Å². The molecule has 0 aliphatic heterocycles. The molecule has 0 bridgehead atoms. The van der Waals surface area contributed by atoms with E-state index in [0.29, 0.717) is 30.2 Å². The number of benzene rings is 1. The van der Waals surface area contributed by atoms with Gasteiger partial charge in [0, 0.05) is 18.0 Å². The molecule has 0 saturated heterocycles. The molecule has 7 nitrogen and oxygen atoms in total. The van der Waals surface area contributed by atoms with Crippen LogP contribution in [0.2, 0.25) is 0 Å². The first-order valence-electron chi connectivity index (χ1n) is 7.61. The predicted octanol–water partition coefficient (Wildman–Crippen LogP) is 2.28. The van der Waals surface area contributed by atoms with E-state index in [1.54, 1.807) is 37.3 Å². The van der Waals surface area contributed by atoms with Crippen molar-refractivity contribution < 1.29 is 19.6 Å². The fourth-order valence-electron chi connectivity index (χ4n) is 2.57. The van der Waals surface area contributed by atoms with Gasteiger partial charge in [-0.3, -0.25) is 15.0 Å². The highest BCUT2D eigenvalue weighted by atomic mass is 16.6. The maximum atomic E-state index is 11.1. The Bertz CT molecular complexity index is 694. The monoisotopic (exact) mass is 334 g/mol. The molecule has 0 aliphatic carbocycles. The van der Waals surface area contributed by atoms with Gasteiger partial charge in [-0.15, -0.1) is 0 Å². The number of aliphatic hydroxyl groups excluding tert-OH is 2. The van der Waals surface area contributed by atoms with Crippen LogP contribution in [0.5, 0.6) is 0 Å². The average Bonchev–Trinajstić information content (AvgIpc) is 3.02. The molecule has 0 amide bonds. The molecule has 24 heavy (non-hydrogen) atoms. The molecular weight excluding hydrogens is 312 g/mol. The van der Waals surface area contributed by atoms with Crippen LogP contribution in [0.25, 0.3) is 11.3 Å². The Morgan fingerprint density at radius 3 is 2.50 bits per heavy atom. The predicted molar refractivity (Wildman–Crippen MR) is 89.4 cm³/mol. The summed E-state index contributed by atoms with van der Waals surface area (Å²) in [6, 6.07) is 9.92. The van der Waals surface area contributed by atoms with Gasteiger partial charge in [-0.1, -0.05) is 19.1 Å². The number of hydrogen-bond donors (Lipinski definition) is 2. The summed E-state index contributed by atoms with van der Waals surface area (Å²) in [4.78, 5) is 12.6. The smallest absolute Gasteiger partial charge is 0.280 e. The Hall–Kier alpha value is -2.22. The summed E-state index contributed by atoms with van der Waals surface area (Å²) in [5.41, 5.74) is -0.158. The van der Waals surface area contributed by atoms with Crippen LogP contribution in [0.1, 0.15) is 12.7 Å². The zero-order chi connectivity index (χ0) is 17.7. The molecule has 0 radical (unpaired) electrons. The molecule has 1 heterocycles. The third-order valence-electron chi connectivity index (χ3n) is 3.87. The highest BCUT2D eigenvalue weighted by molar-refractivity contribution is 5.69. The van der Waals surface area contributed by atoms with E-state index in [0.717, 1.165) is 0 Å². The number of nitrogens with zero attached hydrogens (tertiary/aromatic N) is 2. The van der Waals surface area contributed by atoms with E-state index in [4.69, 9.17) is 4.42 Å². The fraction of sp³-hybridized carbons (Fsp3) is 0.412. The number of nitro benzene ring substituents is 1. The van der Waals surface area contributed by atoms with E-state index in [9.17, 15) is 20.3 Å². The zero-order valence-corrected chi connectivity index (χ0v) is 13.8. The summed E-state index contributed by atoms with van der Waals surface area (Å²) in [6.45, 7) is 2.52. The van der Waals surface area contributed by atoms with Crippen molar-refractivity contribution in [3.8, 4) is 11.3 Å². The van der Waals surface area contributed by atoms with Crippen molar-refractivity contribution in [1.82, 2.24) is 4.90 Å². The van der Waals surface area contributed by atoms with Crippen LogP contribution in [-0.4, -0.2) is 46.8 Å². The zero-order valence-electron chi connectivity index (χ0n) is 13.8. The summed E-state index contributed by atoms with van der Waals surface area (Å²) in [5, 5.41) is 29.8. The lowest BCUT2D eigenvalue weighted by Gasteiger charge is -2.29. The standard InChI is InChI=1S/C17H22N2O5/c1-17(11-20,12-21)10-18(2)9-13-7-8-16(24-13)14-5-3-4-6-15(14)19(22)23/h3-8,20-21H,9-12H2,1-2H3. The second-order valence-corrected chi connectivity index (χ2v) is 6.34. The topological polar surface area (TPSA) is 100.0 Å². The summed E-state index contributed by atoms with van der Waals surface area (Å²) in [5.74, 6) is 1.10. The molecule has 0 atom stereocenters. The van der Waals surface area contributed by atoms with Gasteiger partial charge in [0.15, 0.2) is 0 Å². The van der Waals surface area contributed by atoms with Crippen LogP contribution < -0.4 is 0 Å². The minimum absolute atomic E-state index is 0.000101. The van der Waals surface area contributed by atoms with Crippen LogP contribution in [0.4, 0.5) is 5.69 Å². The maximum absolute atomic E-state index is 11.1. The molecular formula is C17H22N2O5. The highest BCUT2D eigenvalue weighted by Crippen LogP contribution is 2.31. The lowest BCUT2D eigenvalue weighted by molar-refractivity contribution is -0.384. The Labute approximate surface area is 140 Å². The van der Waals surface area contributed by atoms with Gasteiger partial charge >= 0.3 is 0 Å². The largest absolute Gasteiger partial charge is 0.459 e. The van der Waals surface area contributed by atoms with Gasteiger partial charge in [0.1, 0.15) is 11.5 Å². The fourth-order valence-corrected chi connectivity index (χ4v) is 2.57. The Morgan fingerprint density at radius 2 is 1.88 bits per heavy atom. The molecule has 1 aromatic heterocycles. The Balaban J connectivity index is 2.13. The van der Waals surface area contributed by atoms with Crippen LogP contribution in [0.15, 0.2) is 40.8 Å². The first-order valence-corrected chi connectivity index (χ1v) is 7.61. The average molecular weight is 334 g/mol. The Kier molecular flexibility index (Phi) is 5.71. The van der Waals surface area contributed by atoms with Crippen LogP contribution in [0.3, 0.4) is 0 Å². The van der Waals surface area contributed by atoms with Gasteiger partial charge in [0.05, 0.1) is 30.2 Å². The second kappa shape index (κ2) is 7.57. The molecule has 2 N–H and O–H groups in total. The van der Waals surface area contributed by atoms with E-state index in [1.165, 1.54) is 6.07 Å². The van der Waals surface area contributed by atoms with Crippen molar-refractivity contribution in [3.63, 3.8) is 0 Å². The molecule has 130 valence electrons. The van der Waals surface area contributed by atoms with Crippen molar-refractivity contribution in [3.05, 3.63) is 52.3 Å². The van der Waals surface area contributed by atoms with Crippen LogP contribution in [-0.2, 0) is 6.54 Å². The molecule has 0 unspecified atom stereocenters. The van der Waals surface area contributed by atoms with Gasteiger partial charge in [0.2, 0.25) is 0 Å². The molecule has 1 aromatic carbocycles. The molecule has 2 aromatic rings. The first-order chi connectivity index (χ1) is 11.4. The number of rotatable bonds is 8. The van der Waals surface area contributed by atoms with Crippen molar-refractivity contribution in [1.29, 1.82) is 0 Å². The quantitative estimate of drug-likeness (QED) is 0.567. The molecule has 0 aliphatic rings. The van der Waals surface area contributed by atoms with E-state index in [1.807, 2.05) is 11.9 Å². The maximum Gasteiger partial charge on any atom is 0.280 e. The summed E-state index contributed by atoms with van der Waals surface area (Å²) in [6.07, 6.45) is 0. The van der Waals surface area contributed by atoms with Crippen molar-refractivity contribution in [2.24, 2.45) is 5.41 Å². The highest BCUT2D eigenvalue weighted by Gasteiger charge is 2.25. The SMILES string of the molecule is CN(Cc1ccc(-c2ccccc2[N+](=O)[O-])o1)CC(C)(CO)CO. The number of furan rings is 1. The van der Waals surface area contributed by atoms with Crippen molar-refractivity contribution in [2.45, 2.75) is 13.5 Å². The van der Waals surface area contributed by atoms with Gasteiger partial charge < -0.3 is 14.6 Å². The number of hydrogen-bond acceptors (Lipinski definition) is 6. The van der Waals surface area contributed by atoms with Crippen LogP contribution in [0, 0.1) is 15.5 Å². The second-order valence-electron chi connectivity index (χ2n) is 6.34. The molecule has 7 heteroatoms. The third kappa shape index (κ3) is 4.19. The van der Waals surface area contributed by atoms with E-state index < -0.39 is 10.3 Å². The minimum atomic E-state index is -0.595. The van der Waals surface area contributed by atoms with Gasteiger partial charge in [0.25, 0.3) is 5.69 Å². The van der Waals surface area contributed by atoms with E-state index in [-0.39, 0.29) is 18.9 Å². The number of para-hydroxylation sites is 1. The van der Waals surface area contributed by atoms with Crippen molar-refractivity contribution >= 4 is 5.69 Å². The first kappa shape index (κ1) is 18.1. The third-order valence-corrected chi connectivity index (χ3v) is 3.87. The van der Waals surface area contributed by atoms with Gasteiger partial charge in [-0.05, 0) is 25.2 Å². The molecule has 0 spiro atoms. The van der Waals surface area contributed by atoms with Gasteiger partial charge in [-0.2, -0.15) is 0 Å².